The van der Waals surface area contributed by atoms with Gasteiger partial charge in [0, 0.05) is 11.3 Å². The molecule has 0 aliphatic rings. The minimum atomic E-state index is -3.65. The van der Waals surface area contributed by atoms with E-state index in [4.69, 9.17) is 15.9 Å². The summed E-state index contributed by atoms with van der Waals surface area (Å²) in [6.07, 6.45) is 0. The summed E-state index contributed by atoms with van der Waals surface area (Å²) in [6, 6.07) is 3.93. The Bertz CT molecular complexity index is 427. The van der Waals surface area contributed by atoms with E-state index in [0.717, 1.165) is 0 Å². The highest BCUT2D eigenvalue weighted by molar-refractivity contribution is 7.91. The van der Waals surface area contributed by atoms with E-state index in [1.54, 1.807) is 0 Å². The lowest BCUT2D eigenvalue weighted by molar-refractivity contribution is 0.282. The molecule has 0 amide bonds. The van der Waals surface area contributed by atoms with Gasteiger partial charge < -0.3 is 15.9 Å². The molecular formula is C8H11NO4S. The third kappa shape index (κ3) is 2.03. The van der Waals surface area contributed by atoms with E-state index in [-0.39, 0.29) is 17.2 Å². The van der Waals surface area contributed by atoms with Crippen molar-refractivity contribution in [2.75, 3.05) is 11.7 Å². The number of nitrogen functional groups attached to an aromatic ring is 1. The molecule has 1 aromatic rings. The van der Waals surface area contributed by atoms with Crippen molar-refractivity contribution in [1.29, 1.82) is 0 Å². The van der Waals surface area contributed by atoms with Crippen LogP contribution in [0.5, 0.6) is 0 Å². The van der Waals surface area contributed by atoms with Gasteiger partial charge in [-0.15, -0.1) is 0 Å². The van der Waals surface area contributed by atoms with Crippen LogP contribution in [0.3, 0.4) is 0 Å². The smallest absolute Gasteiger partial charge is 0.202 e. The molecule has 0 aromatic heterocycles. The fourth-order valence-corrected chi connectivity index (χ4v) is 1.72. The molecule has 0 spiro atoms. The molecule has 5 nitrogen and oxygen atoms in total. The Morgan fingerprint density at radius 3 is 2.36 bits per heavy atom. The molecule has 1 rings (SSSR count). The molecule has 0 fully saturated rings. The molecule has 0 bridgehead atoms. The Balaban J connectivity index is 3.22. The van der Waals surface area contributed by atoms with Crippen molar-refractivity contribution >= 4 is 15.5 Å². The highest BCUT2D eigenvalue weighted by atomic mass is 32.2. The van der Waals surface area contributed by atoms with Crippen LogP contribution < -0.4 is 5.73 Å². The van der Waals surface area contributed by atoms with Crippen molar-refractivity contribution in [1.82, 2.24) is 0 Å². The normalized spacial score (nSPS) is 11.6. The van der Waals surface area contributed by atoms with Gasteiger partial charge in [0.1, 0.15) is 5.94 Å². The van der Waals surface area contributed by atoms with Gasteiger partial charge in [-0.2, -0.15) is 0 Å². The summed E-state index contributed by atoms with van der Waals surface area (Å²) >= 11 is 0. The van der Waals surface area contributed by atoms with Gasteiger partial charge in [-0.3, -0.25) is 0 Å². The zero-order valence-electron chi connectivity index (χ0n) is 7.34. The highest BCUT2D eigenvalue weighted by Gasteiger charge is 2.13. The Labute approximate surface area is 81.7 Å². The molecule has 4 N–H and O–H groups in total. The Hall–Kier alpha value is -1.11. The van der Waals surface area contributed by atoms with Crippen LogP contribution in [-0.2, 0) is 16.4 Å². The lowest BCUT2D eigenvalue weighted by Crippen LogP contribution is -2.07. The SMILES string of the molecule is Nc1cc(S(=O)(=O)CO)ccc1CO. The first kappa shape index (κ1) is 11.0. The van der Waals surface area contributed by atoms with Gasteiger partial charge in [-0.05, 0) is 12.1 Å². The van der Waals surface area contributed by atoms with Crippen molar-refractivity contribution < 1.29 is 18.6 Å². The van der Waals surface area contributed by atoms with Gasteiger partial charge in [-0.1, -0.05) is 6.07 Å². The molecule has 0 saturated carbocycles. The maximum absolute atomic E-state index is 11.2. The van der Waals surface area contributed by atoms with Gasteiger partial charge >= 0.3 is 0 Å². The van der Waals surface area contributed by atoms with Gasteiger partial charge in [-0.25, -0.2) is 8.42 Å². The second-order valence-electron chi connectivity index (χ2n) is 2.76. The molecule has 0 aliphatic carbocycles. The average Bonchev–Trinajstić information content (AvgIpc) is 2.17. The lowest BCUT2D eigenvalue weighted by Gasteiger charge is -2.05. The minimum Gasteiger partial charge on any atom is -0.398 e. The fraction of sp³-hybridized carbons (Fsp3) is 0.250. The molecule has 1 aromatic carbocycles. The van der Waals surface area contributed by atoms with Gasteiger partial charge in [0.05, 0.1) is 11.5 Å². The van der Waals surface area contributed by atoms with Crippen LogP contribution >= 0.6 is 0 Å². The zero-order valence-corrected chi connectivity index (χ0v) is 8.16. The van der Waals surface area contributed by atoms with Crippen LogP contribution in [0.1, 0.15) is 5.56 Å². The molecule has 6 heteroatoms. The number of hydrogen-bond donors (Lipinski definition) is 3. The number of rotatable bonds is 3. The van der Waals surface area contributed by atoms with E-state index in [0.29, 0.717) is 5.56 Å². The number of hydrogen-bond acceptors (Lipinski definition) is 5. The third-order valence-electron chi connectivity index (χ3n) is 1.82. The molecular weight excluding hydrogens is 206 g/mol. The summed E-state index contributed by atoms with van der Waals surface area (Å²) in [4.78, 5) is -0.0466. The van der Waals surface area contributed by atoms with Crippen LogP contribution in [0.4, 0.5) is 5.69 Å². The maximum atomic E-state index is 11.2. The average molecular weight is 217 g/mol. The summed E-state index contributed by atoms with van der Waals surface area (Å²) in [5.41, 5.74) is 6.13. The Morgan fingerprint density at radius 1 is 1.29 bits per heavy atom. The Morgan fingerprint density at radius 2 is 1.93 bits per heavy atom. The van der Waals surface area contributed by atoms with Gasteiger partial charge in [0.25, 0.3) is 0 Å². The summed E-state index contributed by atoms with van der Waals surface area (Å²) in [5.74, 6) is -0.953. The monoisotopic (exact) mass is 217 g/mol. The predicted molar refractivity (Wildman–Crippen MR) is 51.0 cm³/mol. The van der Waals surface area contributed by atoms with Crippen LogP contribution in [0, 0.1) is 0 Å². The largest absolute Gasteiger partial charge is 0.398 e. The first-order valence-corrected chi connectivity index (χ1v) is 5.49. The number of benzene rings is 1. The fourth-order valence-electron chi connectivity index (χ4n) is 0.985. The zero-order chi connectivity index (χ0) is 10.8. The first-order valence-electron chi connectivity index (χ1n) is 3.84. The molecule has 0 unspecified atom stereocenters. The predicted octanol–water partition coefficient (Wildman–Crippen LogP) is -0.515. The first-order chi connectivity index (χ1) is 6.51. The van der Waals surface area contributed by atoms with Crippen molar-refractivity contribution in [2.45, 2.75) is 11.5 Å². The molecule has 78 valence electrons. The van der Waals surface area contributed by atoms with Crippen LogP contribution in [-0.4, -0.2) is 24.6 Å². The number of anilines is 1. The van der Waals surface area contributed by atoms with Gasteiger partial charge in [0.2, 0.25) is 9.84 Å². The molecule has 0 heterocycles. The topological polar surface area (TPSA) is 101 Å². The summed E-state index contributed by atoms with van der Waals surface area (Å²) in [7, 11) is -3.65. The van der Waals surface area contributed by atoms with E-state index in [2.05, 4.69) is 0 Å². The molecule has 0 atom stereocenters. The molecule has 14 heavy (non-hydrogen) atoms. The molecule has 0 aliphatic heterocycles. The number of nitrogens with two attached hydrogens (primary N) is 1. The summed E-state index contributed by atoms with van der Waals surface area (Å²) < 4.78 is 22.4. The number of aliphatic hydroxyl groups excluding tert-OH is 2. The summed E-state index contributed by atoms with van der Waals surface area (Å²) in [5, 5.41) is 17.4. The van der Waals surface area contributed by atoms with Crippen molar-refractivity contribution in [2.24, 2.45) is 0 Å². The van der Waals surface area contributed by atoms with E-state index < -0.39 is 15.8 Å². The second-order valence-corrected chi connectivity index (χ2v) is 4.72. The number of sulfone groups is 1. The third-order valence-corrected chi connectivity index (χ3v) is 3.13. The lowest BCUT2D eigenvalue weighted by atomic mass is 10.2. The molecule has 0 radical (unpaired) electrons. The second kappa shape index (κ2) is 3.95. The van der Waals surface area contributed by atoms with Gasteiger partial charge in [0.15, 0.2) is 0 Å². The van der Waals surface area contributed by atoms with Crippen molar-refractivity contribution in [3.8, 4) is 0 Å². The van der Waals surface area contributed by atoms with Crippen molar-refractivity contribution in [3.63, 3.8) is 0 Å². The quantitative estimate of drug-likeness (QED) is 0.592. The molecule has 0 saturated heterocycles. The standard InChI is InChI=1S/C8H11NO4S/c9-8-3-7(14(12,13)5-11)2-1-6(8)4-10/h1-3,10-11H,4-5,9H2. The minimum absolute atomic E-state index is 0.0466. The van der Waals surface area contributed by atoms with Crippen LogP contribution in [0.25, 0.3) is 0 Å². The van der Waals surface area contributed by atoms with E-state index in [1.807, 2.05) is 0 Å². The maximum Gasteiger partial charge on any atom is 0.202 e. The van der Waals surface area contributed by atoms with Crippen LogP contribution in [0.2, 0.25) is 0 Å². The van der Waals surface area contributed by atoms with Crippen molar-refractivity contribution in [3.05, 3.63) is 23.8 Å². The van der Waals surface area contributed by atoms with E-state index in [9.17, 15) is 8.42 Å². The van der Waals surface area contributed by atoms with Crippen LogP contribution in [0.15, 0.2) is 23.1 Å². The van der Waals surface area contributed by atoms with E-state index >= 15 is 0 Å². The van der Waals surface area contributed by atoms with E-state index in [1.165, 1.54) is 18.2 Å². The Kier molecular flexibility index (Phi) is 3.10. The highest BCUT2D eigenvalue weighted by Crippen LogP contribution is 2.18. The number of aliphatic hydroxyl groups is 2. The summed E-state index contributed by atoms with van der Waals surface area (Å²) in [6.45, 7) is -0.245.